The van der Waals surface area contributed by atoms with E-state index in [0.29, 0.717) is 6.04 Å². The van der Waals surface area contributed by atoms with E-state index in [1.165, 1.54) is 18.4 Å². The molecule has 1 saturated heterocycles. The molecule has 0 bridgehead atoms. The molecule has 108 valence electrons. The largest absolute Gasteiger partial charge is 0.313 e. The number of hydrogen-bond acceptors (Lipinski definition) is 2. The Bertz CT molecular complexity index is 436. The Morgan fingerprint density at radius 1 is 1.25 bits per heavy atom. The van der Waals surface area contributed by atoms with Gasteiger partial charge in [-0.25, -0.2) is 0 Å². The first-order chi connectivity index (χ1) is 9.62. The van der Waals surface area contributed by atoms with Crippen LogP contribution in [0.4, 0.5) is 0 Å². The van der Waals surface area contributed by atoms with Crippen LogP contribution in [-0.2, 0) is 5.41 Å². The van der Waals surface area contributed by atoms with Gasteiger partial charge in [0.05, 0.1) is 6.54 Å². The summed E-state index contributed by atoms with van der Waals surface area (Å²) in [6.07, 6.45) is 7.77. The lowest BCUT2D eigenvalue weighted by atomic mass is 9.84. The molecular weight excluding hydrogens is 244 g/mol. The van der Waals surface area contributed by atoms with Crippen LogP contribution in [0.3, 0.4) is 0 Å². The Morgan fingerprint density at radius 2 is 1.90 bits per heavy atom. The first-order valence-corrected chi connectivity index (χ1v) is 7.56. The Kier molecular flexibility index (Phi) is 5.23. The van der Waals surface area contributed by atoms with Gasteiger partial charge >= 0.3 is 0 Å². The summed E-state index contributed by atoms with van der Waals surface area (Å²) in [4.78, 5) is 2.36. The van der Waals surface area contributed by atoms with Crippen molar-refractivity contribution in [2.24, 2.45) is 0 Å². The summed E-state index contributed by atoms with van der Waals surface area (Å²) in [6, 6.07) is 11.4. The Morgan fingerprint density at radius 3 is 2.50 bits per heavy atom. The molecule has 2 nitrogen and oxygen atoms in total. The van der Waals surface area contributed by atoms with Crippen LogP contribution in [0.5, 0.6) is 0 Å². The number of terminal acetylenes is 1. The molecule has 0 amide bonds. The maximum Gasteiger partial charge on any atom is 0.0598 e. The van der Waals surface area contributed by atoms with Crippen molar-refractivity contribution >= 4 is 0 Å². The van der Waals surface area contributed by atoms with Gasteiger partial charge in [0.1, 0.15) is 0 Å². The van der Waals surface area contributed by atoms with E-state index in [9.17, 15) is 0 Å². The summed E-state index contributed by atoms with van der Waals surface area (Å²) >= 11 is 0. The van der Waals surface area contributed by atoms with E-state index in [2.05, 4.69) is 60.3 Å². The maximum absolute atomic E-state index is 5.37. The second-order valence-electron chi connectivity index (χ2n) is 6.39. The van der Waals surface area contributed by atoms with Crippen LogP contribution in [0.25, 0.3) is 0 Å². The highest BCUT2D eigenvalue weighted by Gasteiger charge is 2.23. The van der Waals surface area contributed by atoms with Gasteiger partial charge in [0.2, 0.25) is 0 Å². The lowest BCUT2D eigenvalue weighted by molar-refractivity contribution is 0.213. The van der Waals surface area contributed by atoms with E-state index in [-0.39, 0.29) is 5.41 Å². The maximum atomic E-state index is 5.37. The van der Waals surface area contributed by atoms with Gasteiger partial charge in [-0.05, 0) is 18.4 Å². The van der Waals surface area contributed by atoms with Crippen molar-refractivity contribution < 1.29 is 0 Å². The molecule has 1 N–H and O–H groups in total. The first kappa shape index (κ1) is 15.1. The standard InChI is InChI=1S/C18H26N2/c1-4-12-20-13-10-17(11-14-20)19-15-18(2,3)16-8-6-5-7-9-16/h1,5-9,17,19H,10-15H2,2-3H3. The summed E-state index contributed by atoms with van der Waals surface area (Å²) < 4.78 is 0. The summed E-state index contributed by atoms with van der Waals surface area (Å²) in [5, 5.41) is 3.74. The van der Waals surface area contributed by atoms with Gasteiger partial charge in [-0.1, -0.05) is 50.1 Å². The van der Waals surface area contributed by atoms with Gasteiger partial charge in [0.25, 0.3) is 0 Å². The number of nitrogens with one attached hydrogen (secondary N) is 1. The fourth-order valence-electron chi connectivity index (χ4n) is 2.82. The molecule has 0 unspecified atom stereocenters. The third-order valence-corrected chi connectivity index (χ3v) is 4.29. The minimum Gasteiger partial charge on any atom is -0.313 e. The van der Waals surface area contributed by atoms with Crippen molar-refractivity contribution in [3.05, 3.63) is 35.9 Å². The third kappa shape index (κ3) is 4.10. The summed E-state index contributed by atoms with van der Waals surface area (Å²) in [7, 11) is 0. The van der Waals surface area contributed by atoms with Crippen molar-refractivity contribution in [1.82, 2.24) is 10.2 Å². The minimum atomic E-state index is 0.178. The molecule has 2 heteroatoms. The smallest absolute Gasteiger partial charge is 0.0598 e. The van der Waals surface area contributed by atoms with E-state index in [0.717, 1.165) is 26.2 Å². The fraction of sp³-hybridized carbons (Fsp3) is 0.556. The first-order valence-electron chi connectivity index (χ1n) is 7.56. The number of hydrogen-bond donors (Lipinski definition) is 1. The van der Waals surface area contributed by atoms with Crippen LogP contribution in [0.2, 0.25) is 0 Å². The molecule has 1 fully saturated rings. The zero-order valence-electron chi connectivity index (χ0n) is 12.7. The zero-order chi connectivity index (χ0) is 14.4. The van der Waals surface area contributed by atoms with E-state index < -0.39 is 0 Å². The van der Waals surface area contributed by atoms with Gasteiger partial charge in [-0.3, -0.25) is 4.90 Å². The second kappa shape index (κ2) is 6.92. The van der Waals surface area contributed by atoms with Crippen molar-refractivity contribution in [1.29, 1.82) is 0 Å². The molecule has 0 aromatic heterocycles. The van der Waals surface area contributed by atoms with Gasteiger partial charge in [-0.2, -0.15) is 0 Å². The number of likely N-dealkylation sites (tertiary alicyclic amines) is 1. The normalized spacial score (nSPS) is 17.9. The Hall–Kier alpha value is -1.30. The molecule has 0 aliphatic carbocycles. The van der Waals surface area contributed by atoms with Crippen LogP contribution < -0.4 is 5.32 Å². The highest BCUT2D eigenvalue weighted by molar-refractivity contribution is 5.23. The quantitative estimate of drug-likeness (QED) is 0.828. The van der Waals surface area contributed by atoms with E-state index in [4.69, 9.17) is 6.42 Å². The number of piperidine rings is 1. The molecule has 0 atom stereocenters. The lowest BCUT2D eigenvalue weighted by Gasteiger charge is -2.34. The molecule has 0 spiro atoms. The SMILES string of the molecule is C#CCN1CCC(NCC(C)(C)c2ccccc2)CC1. The predicted molar refractivity (Wildman–Crippen MR) is 85.8 cm³/mol. The molecule has 1 aromatic carbocycles. The molecule has 1 aliphatic rings. The van der Waals surface area contributed by atoms with Crippen molar-refractivity contribution in [3.8, 4) is 12.3 Å². The van der Waals surface area contributed by atoms with Crippen LogP contribution in [0.1, 0.15) is 32.3 Å². The lowest BCUT2D eigenvalue weighted by Crippen LogP contribution is -2.46. The summed E-state index contributed by atoms with van der Waals surface area (Å²) in [5.74, 6) is 2.74. The minimum absolute atomic E-state index is 0.178. The van der Waals surface area contributed by atoms with Crippen LogP contribution in [0, 0.1) is 12.3 Å². The van der Waals surface area contributed by atoms with Gasteiger partial charge < -0.3 is 5.32 Å². The average Bonchev–Trinajstić information content (AvgIpc) is 2.48. The zero-order valence-corrected chi connectivity index (χ0v) is 12.7. The Balaban J connectivity index is 1.80. The average molecular weight is 270 g/mol. The molecule has 1 aliphatic heterocycles. The van der Waals surface area contributed by atoms with Gasteiger partial charge in [0, 0.05) is 31.1 Å². The highest BCUT2D eigenvalue weighted by Crippen LogP contribution is 2.22. The fourth-order valence-corrected chi connectivity index (χ4v) is 2.82. The van der Waals surface area contributed by atoms with Gasteiger partial charge in [-0.15, -0.1) is 6.42 Å². The molecule has 20 heavy (non-hydrogen) atoms. The topological polar surface area (TPSA) is 15.3 Å². The van der Waals surface area contributed by atoms with E-state index >= 15 is 0 Å². The molecule has 0 saturated carbocycles. The van der Waals surface area contributed by atoms with Crippen LogP contribution in [-0.4, -0.2) is 37.1 Å². The second-order valence-corrected chi connectivity index (χ2v) is 6.39. The van der Waals surface area contributed by atoms with E-state index in [1.54, 1.807) is 0 Å². The number of benzene rings is 1. The molecular formula is C18H26N2. The van der Waals surface area contributed by atoms with Gasteiger partial charge in [0.15, 0.2) is 0 Å². The Labute approximate surface area is 123 Å². The van der Waals surface area contributed by atoms with Crippen molar-refractivity contribution in [2.45, 2.75) is 38.1 Å². The third-order valence-electron chi connectivity index (χ3n) is 4.29. The number of rotatable bonds is 5. The van der Waals surface area contributed by atoms with Crippen LogP contribution >= 0.6 is 0 Å². The van der Waals surface area contributed by atoms with Crippen molar-refractivity contribution in [2.75, 3.05) is 26.2 Å². The predicted octanol–water partition coefficient (Wildman–Crippen LogP) is 2.65. The number of nitrogens with zero attached hydrogens (tertiary/aromatic N) is 1. The summed E-state index contributed by atoms with van der Waals surface area (Å²) in [5.41, 5.74) is 1.58. The summed E-state index contributed by atoms with van der Waals surface area (Å²) in [6.45, 7) is 8.67. The van der Waals surface area contributed by atoms with Crippen LogP contribution in [0.15, 0.2) is 30.3 Å². The molecule has 1 aromatic rings. The molecule has 0 radical (unpaired) electrons. The monoisotopic (exact) mass is 270 g/mol. The molecule has 2 rings (SSSR count). The highest BCUT2D eigenvalue weighted by atomic mass is 15.1. The van der Waals surface area contributed by atoms with E-state index in [1.807, 2.05) is 0 Å². The molecule has 1 heterocycles. The van der Waals surface area contributed by atoms with Crippen molar-refractivity contribution in [3.63, 3.8) is 0 Å².